The van der Waals surface area contributed by atoms with Gasteiger partial charge in [0.2, 0.25) is 0 Å². The first-order valence-electron chi connectivity index (χ1n) is 11.6. The Bertz CT molecular complexity index is 1220. The lowest BCUT2D eigenvalue weighted by Crippen LogP contribution is -2.41. The Morgan fingerprint density at radius 2 is 1.71 bits per heavy atom. The number of methoxy groups -OCH3 is 2. The van der Waals surface area contributed by atoms with E-state index >= 15 is 0 Å². The van der Waals surface area contributed by atoms with Crippen molar-refractivity contribution in [1.82, 2.24) is 4.90 Å². The first kappa shape index (κ1) is 22.2. The second-order valence-electron chi connectivity index (χ2n) is 8.89. The Hall–Kier alpha value is -3.64. The molecule has 34 heavy (non-hydrogen) atoms. The zero-order valence-corrected chi connectivity index (χ0v) is 19.7. The van der Waals surface area contributed by atoms with Crippen molar-refractivity contribution in [2.24, 2.45) is 4.99 Å². The quantitative estimate of drug-likeness (QED) is 0.611. The van der Waals surface area contributed by atoms with Gasteiger partial charge in [-0.2, -0.15) is 0 Å². The van der Waals surface area contributed by atoms with Crippen molar-refractivity contribution >= 4 is 17.3 Å². The average molecular weight is 456 g/mol. The molecule has 6 heteroatoms. The third-order valence-corrected chi connectivity index (χ3v) is 6.74. The summed E-state index contributed by atoms with van der Waals surface area (Å²) in [7, 11) is 5.50. The van der Waals surface area contributed by atoms with Gasteiger partial charge in [-0.05, 0) is 62.0 Å². The molecular weight excluding hydrogens is 426 g/mol. The number of piperidine rings is 1. The minimum atomic E-state index is -0.125. The number of rotatable bonds is 5. The standard InChI is InChI=1S/C28H29N3O3/c1-31-14-13-24-23(17-31)21-15-25(33-2)26(34-3)16-22(21)27(30-24)18-9-11-20(12-10-18)29-28(32)19-7-5-4-6-8-19/h4-12,15-16,23-24H,13-14,17H2,1-3H3,(H,29,32)/t23-,24-/m0/s1. The fourth-order valence-corrected chi connectivity index (χ4v) is 4.94. The summed E-state index contributed by atoms with van der Waals surface area (Å²) >= 11 is 0. The average Bonchev–Trinajstić information content (AvgIpc) is 2.88. The highest BCUT2D eigenvalue weighted by Gasteiger charge is 2.36. The van der Waals surface area contributed by atoms with Gasteiger partial charge in [0.25, 0.3) is 5.91 Å². The van der Waals surface area contributed by atoms with Crippen LogP contribution in [0.15, 0.2) is 71.7 Å². The summed E-state index contributed by atoms with van der Waals surface area (Å²) in [5.41, 5.74) is 5.69. The third kappa shape index (κ3) is 4.17. The molecule has 2 aliphatic rings. The normalized spacial score (nSPS) is 19.4. The van der Waals surface area contributed by atoms with Gasteiger partial charge in [0.15, 0.2) is 11.5 Å². The molecule has 6 nitrogen and oxygen atoms in total. The van der Waals surface area contributed by atoms with Crippen molar-refractivity contribution in [1.29, 1.82) is 0 Å². The van der Waals surface area contributed by atoms with Crippen LogP contribution in [0.4, 0.5) is 5.69 Å². The van der Waals surface area contributed by atoms with Crippen LogP contribution in [0, 0.1) is 0 Å². The third-order valence-electron chi connectivity index (χ3n) is 6.74. The van der Waals surface area contributed by atoms with Crippen molar-refractivity contribution < 1.29 is 14.3 Å². The monoisotopic (exact) mass is 455 g/mol. The number of benzene rings is 3. The molecule has 1 fully saturated rings. The first-order valence-corrected chi connectivity index (χ1v) is 11.6. The maximum Gasteiger partial charge on any atom is 0.255 e. The molecule has 0 radical (unpaired) electrons. The maximum atomic E-state index is 12.5. The number of hydrogen-bond acceptors (Lipinski definition) is 5. The number of anilines is 1. The Labute approximate surface area is 200 Å². The smallest absolute Gasteiger partial charge is 0.255 e. The molecule has 174 valence electrons. The van der Waals surface area contributed by atoms with E-state index in [0.717, 1.165) is 47.8 Å². The fourth-order valence-electron chi connectivity index (χ4n) is 4.94. The highest BCUT2D eigenvalue weighted by atomic mass is 16.5. The van der Waals surface area contributed by atoms with Crippen LogP contribution in [0.1, 0.15) is 39.4 Å². The van der Waals surface area contributed by atoms with E-state index in [9.17, 15) is 4.79 Å². The molecule has 0 unspecified atom stereocenters. The van der Waals surface area contributed by atoms with Crippen LogP contribution in [0.3, 0.4) is 0 Å². The van der Waals surface area contributed by atoms with Gasteiger partial charge >= 0.3 is 0 Å². The highest BCUT2D eigenvalue weighted by Crippen LogP contribution is 2.42. The molecule has 2 atom stereocenters. The molecule has 1 amide bonds. The van der Waals surface area contributed by atoms with Gasteiger partial charge in [0.05, 0.1) is 26.0 Å². The van der Waals surface area contributed by atoms with Gasteiger partial charge in [-0.25, -0.2) is 0 Å². The van der Waals surface area contributed by atoms with Crippen LogP contribution in [-0.4, -0.2) is 56.9 Å². The lowest BCUT2D eigenvalue weighted by molar-refractivity contribution is 0.102. The van der Waals surface area contributed by atoms with Gasteiger partial charge in [-0.3, -0.25) is 9.79 Å². The number of nitrogens with one attached hydrogen (secondary N) is 1. The molecule has 0 aromatic heterocycles. The molecule has 0 saturated carbocycles. The van der Waals surface area contributed by atoms with Crippen LogP contribution in [0.25, 0.3) is 0 Å². The second kappa shape index (κ2) is 9.31. The lowest BCUT2D eigenvalue weighted by Gasteiger charge is -2.39. The van der Waals surface area contributed by atoms with Crippen LogP contribution in [0.2, 0.25) is 0 Å². The highest BCUT2D eigenvalue weighted by molar-refractivity contribution is 6.15. The number of hydrogen-bond donors (Lipinski definition) is 1. The van der Waals surface area contributed by atoms with E-state index in [2.05, 4.69) is 23.3 Å². The Balaban J connectivity index is 1.49. The molecule has 3 aromatic carbocycles. The van der Waals surface area contributed by atoms with Crippen molar-refractivity contribution in [3.8, 4) is 11.5 Å². The molecule has 5 rings (SSSR count). The molecular formula is C28H29N3O3. The van der Waals surface area contributed by atoms with Crippen molar-refractivity contribution in [3.05, 3.63) is 89.0 Å². The predicted molar refractivity (Wildman–Crippen MR) is 135 cm³/mol. The summed E-state index contributed by atoms with van der Waals surface area (Å²) in [6.07, 6.45) is 1.02. The molecule has 3 aromatic rings. The first-order chi connectivity index (χ1) is 16.6. The zero-order valence-electron chi connectivity index (χ0n) is 19.7. The van der Waals surface area contributed by atoms with Crippen molar-refractivity contribution in [2.45, 2.75) is 18.4 Å². The number of aliphatic imine (C=N–C) groups is 1. The van der Waals surface area contributed by atoms with E-state index in [0.29, 0.717) is 17.2 Å². The number of carbonyl (C=O) groups is 1. The summed E-state index contributed by atoms with van der Waals surface area (Å²) in [4.78, 5) is 20.1. The Morgan fingerprint density at radius 1 is 1.00 bits per heavy atom. The lowest BCUT2D eigenvalue weighted by atomic mass is 9.79. The number of carbonyl (C=O) groups excluding carboxylic acids is 1. The number of fused-ring (bicyclic) bond motifs is 3. The minimum Gasteiger partial charge on any atom is -0.493 e. The topological polar surface area (TPSA) is 63.2 Å². The number of ether oxygens (including phenoxy) is 2. The van der Waals surface area contributed by atoms with Crippen LogP contribution in [-0.2, 0) is 0 Å². The van der Waals surface area contributed by atoms with Crippen LogP contribution < -0.4 is 14.8 Å². The SMILES string of the molecule is COc1cc2c(cc1OC)[C@@H]1CN(C)CC[C@@H]1N=C2c1ccc(NC(=O)c2ccccc2)cc1. The minimum absolute atomic E-state index is 0.125. The predicted octanol–water partition coefficient (Wildman–Crippen LogP) is 4.59. The summed E-state index contributed by atoms with van der Waals surface area (Å²) in [5, 5.41) is 2.97. The molecule has 0 bridgehead atoms. The Kier molecular flexibility index (Phi) is 6.07. The van der Waals surface area contributed by atoms with Crippen molar-refractivity contribution in [3.63, 3.8) is 0 Å². The molecule has 2 heterocycles. The Morgan fingerprint density at radius 3 is 2.41 bits per heavy atom. The molecule has 0 spiro atoms. The van der Waals surface area contributed by atoms with Gasteiger partial charge in [0.1, 0.15) is 0 Å². The van der Waals surface area contributed by atoms with E-state index in [-0.39, 0.29) is 11.9 Å². The number of likely N-dealkylation sites (tertiary alicyclic amines) is 1. The summed E-state index contributed by atoms with van der Waals surface area (Å²) in [6.45, 7) is 2.00. The van der Waals surface area contributed by atoms with Gasteiger partial charge in [-0.1, -0.05) is 30.3 Å². The van der Waals surface area contributed by atoms with E-state index in [4.69, 9.17) is 14.5 Å². The van der Waals surface area contributed by atoms with Gasteiger partial charge in [0, 0.05) is 34.8 Å². The number of likely N-dealkylation sites (N-methyl/N-ethyl adjacent to an activating group) is 1. The maximum absolute atomic E-state index is 12.5. The van der Waals surface area contributed by atoms with Crippen LogP contribution >= 0.6 is 0 Å². The van der Waals surface area contributed by atoms with Crippen LogP contribution in [0.5, 0.6) is 11.5 Å². The molecule has 2 aliphatic heterocycles. The summed E-state index contributed by atoms with van der Waals surface area (Å²) in [5.74, 6) is 1.64. The second-order valence-corrected chi connectivity index (χ2v) is 8.89. The van der Waals surface area contributed by atoms with E-state index in [1.165, 1.54) is 5.56 Å². The number of nitrogens with zero attached hydrogens (tertiary/aromatic N) is 2. The molecule has 1 saturated heterocycles. The van der Waals surface area contributed by atoms with Crippen molar-refractivity contribution in [2.75, 3.05) is 39.7 Å². The largest absolute Gasteiger partial charge is 0.493 e. The van der Waals surface area contributed by atoms with E-state index in [1.54, 1.807) is 26.4 Å². The van der Waals surface area contributed by atoms with E-state index in [1.807, 2.05) is 48.5 Å². The van der Waals surface area contributed by atoms with Gasteiger partial charge in [-0.15, -0.1) is 0 Å². The van der Waals surface area contributed by atoms with E-state index < -0.39 is 0 Å². The number of amides is 1. The van der Waals surface area contributed by atoms with Gasteiger partial charge < -0.3 is 19.7 Å². The molecule has 1 N–H and O–H groups in total. The molecule has 0 aliphatic carbocycles. The summed E-state index contributed by atoms with van der Waals surface area (Å²) in [6, 6.07) is 21.5. The zero-order chi connectivity index (χ0) is 23.7. The summed E-state index contributed by atoms with van der Waals surface area (Å²) < 4.78 is 11.2. The fraction of sp³-hybridized carbons (Fsp3) is 0.286.